The minimum atomic E-state index is -1.11. The van der Waals surface area contributed by atoms with Gasteiger partial charge in [0.25, 0.3) is 0 Å². The monoisotopic (exact) mass is 500 g/mol. The van der Waals surface area contributed by atoms with Crippen molar-refractivity contribution in [2.24, 2.45) is 5.41 Å². The van der Waals surface area contributed by atoms with Gasteiger partial charge in [-0.3, -0.25) is 0 Å². The molecule has 0 aliphatic heterocycles. The van der Waals surface area contributed by atoms with Crippen LogP contribution in [0.1, 0.15) is 51.4 Å². The van der Waals surface area contributed by atoms with Crippen LogP contribution in [0.3, 0.4) is 0 Å². The van der Waals surface area contributed by atoms with E-state index in [1.807, 2.05) is 0 Å². The van der Waals surface area contributed by atoms with Crippen LogP contribution < -0.4 is 113 Å². The normalized spacial score (nSPS) is 9.32. The number of carboxylic acid groups (broad SMARTS) is 2. The Morgan fingerprint density at radius 2 is 1.06 bits per heavy atom. The number of rotatable bonds is 14. The number of carbonyl (C=O) groups excluding carboxylic acids is 3. The summed E-state index contributed by atoms with van der Waals surface area (Å²) in [5.41, 5.74) is -1.11. The summed E-state index contributed by atoms with van der Waals surface area (Å²) < 4.78 is 4.14. The summed E-state index contributed by atoms with van der Waals surface area (Å²) in [6.45, 7) is 1.53. The van der Waals surface area contributed by atoms with Gasteiger partial charge in [0.05, 0.1) is 39.0 Å². The molecular weight excluding hydrogens is 466 g/mol. The summed E-state index contributed by atoms with van der Waals surface area (Å²) in [5.74, 6) is -2.39. The van der Waals surface area contributed by atoms with Gasteiger partial charge in [-0.25, -0.2) is 4.79 Å². The van der Waals surface area contributed by atoms with Gasteiger partial charge >= 0.3 is 109 Å². The summed E-state index contributed by atoms with van der Waals surface area (Å²) in [6.07, 6.45) is 6.34. The molecule has 10 nitrogen and oxygen atoms in total. The maximum Gasteiger partial charge on any atom is 1.00 e. The number of hydrogen-bond acceptors (Lipinski definition) is 10. The smallest absolute Gasteiger partial charge is 0.550 e. The maximum absolute atomic E-state index is 10.0. The van der Waals surface area contributed by atoms with Crippen molar-refractivity contribution in [2.75, 3.05) is 33.5 Å². The molecule has 0 aromatic rings. The first-order valence-electron chi connectivity index (χ1n) is 9.22. The van der Waals surface area contributed by atoms with Gasteiger partial charge in [0.2, 0.25) is 0 Å². The van der Waals surface area contributed by atoms with Crippen LogP contribution in [0.2, 0.25) is 0 Å². The van der Waals surface area contributed by atoms with E-state index in [2.05, 4.69) is 11.3 Å². The fourth-order valence-corrected chi connectivity index (χ4v) is 1.63. The summed E-state index contributed by atoms with van der Waals surface area (Å²) in [5, 5.41) is 54.0. The van der Waals surface area contributed by atoms with E-state index in [-0.39, 0.29) is 116 Å². The Morgan fingerprint density at radius 3 is 1.19 bits per heavy atom. The topological polar surface area (TPSA) is 187 Å². The molecule has 12 heteroatoms. The zero-order chi connectivity index (χ0) is 23.1. The van der Waals surface area contributed by atoms with Crippen molar-refractivity contribution in [3.63, 3.8) is 0 Å². The van der Waals surface area contributed by atoms with Crippen molar-refractivity contribution in [1.29, 1.82) is 0 Å². The maximum atomic E-state index is 10.0. The van der Waals surface area contributed by atoms with Gasteiger partial charge in [0.1, 0.15) is 0 Å². The molecule has 0 saturated heterocycles. The molecule has 0 amide bonds. The molecule has 0 aromatic carbocycles. The fourth-order valence-electron chi connectivity index (χ4n) is 1.63. The number of aliphatic hydroxyl groups is 4. The molecule has 0 saturated carbocycles. The van der Waals surface area contributed by atoms with Crippen molar-refractivity contribution < 1.29 is 153 Å². The van der Waals surface area contributed by atoms with Crippen molar-refractivity contribution in [1.82, 2.24) is 0 Å². The van der Waals surface area contributed by atoms with Crippen molar-refractivity contribution in [3.8, 4) is 0 Å². The first-order valence-corrected chi connectivity index (χ1v) is 9.22. The average Bonchev–Trinajstić information content (AvgIpc) is 2.72. The van der Waals surface area contributed by atoms with Crippen molar-refractivity contribution in [2.45, 2.75) is 51.4 Å². The van der Waals surface area contributed by atoms with E-state index in [4.69, 9.17) is 20.4 Å². The van der Waals surface area contributed by atoms with E-state index < -0.39 is 49.8 Å². The first-order chi connectivity index (χ1) is 13.7. The van der Waals surface area contributed by atoms with Crippen LogP contribution in [0, 0.1) is 5.41 Å². The summed E-state index contributed by atoms with van der Waals surface area (Å²) in [6, 6.07) is 0. The predicted octanol–water partition coefficient (Wildman–Crippen LogP) is -8.10. The number of ether oxygens (including phenoxy) is 1. The molecule has 0 fully saturated rings. The Balaban J connectivity index is -0.000000115. The fraction of sp³-hybridized carbons (Fsp3) is 0.737. The minimum Gasteiger partial charge on any atom is -0.550 e. The number of hydrogen-bond donors (Lipinski definition) is 4. The van der Waals surface area contributed by atoms with Crippen LogP contribution in [0.5, 0.6) is 0 Å². The second-order valence-electron chi connectivity index (χ2n) is 6.23. The minimum absolute atomic E-state index is 0. The zero-order valence-electron chi connectivity index (χ0n) is 19.0. The molecule has 0 radical (unpaired) electrons. The molecule has 31 heavy (non-hydrogen) atoms. The van der Waals surface area contributed by atoms with Gasteiger partial charge in [-0.15, -0.1) is 0 Å². The van der Waals surface area contributed by atoms with E-state index >= 15 is 0 Å². The van der Waals surface area contributed by atoms with Crippen molar-refractivity contribution in [3.05, 3.63) is 12.7 Å². The van der Waals surface area contributed by atoms with Crippen LogP contribution in [0.25, 0.3) is 0 Å². The Labute approximate surface area is 269 Å². The Kier molecular flexibility index (Phi) is 42.8. The van der Waals surface area contributed by atoms with Crippen molar-refractivity contribution >= 4 is 17.9 Å². The van der Waals surface area contributed by atoms with Gasteiger partial charge in [-0.05, 0) is 25.7 Å². The number of aliphatic hydroxyl groups excluding tert-OH is 4. The number of unbranched alkanes of at least 4 members (excludes halogenated alkanes) is 5. The van der Waals surface area contributed by atoms with Crippen LogP contribution in [0.15, 0.2) is 12.7 Å². The molecular formula is C19H34K2O10. The number of carboxylic acids is 2. The van der Waals surface area contributed by atoms with Gasteiger partial charge in [-0.2, -0.15) is 0 Å². The SMILES string of the molecule is C=CC(=O)OC.O=C([O-])CCCCCCCCC(=O)[O-].OCC(CO)(CO)CO.[K+].[K+]. The number of methoxy groups -OCH3 is 1. The molecule has 0 aliphatic rings. The third kappa shape index (κ3) is 33.5. The van der Waals surface area contributed by atoms with Gasteiger partial charge in [0.15, 0.2) is 0 Å². The van der Waals surface area contributed by atoms with Crippen LogP contribution in [-0.2, 0) is 19.1 Å². The molecule has 4 N–H and O–H groups in total. The zero-order valence-corrected chi connectivity index (χ0v) is 25.3. The Bertz CT molecular complexity index is 406. The molecule has 0 atom stereocenters. The van der Waals surface area contributed by atoms with E-state index in [0.717, 1.165) is 31.8 Å². The number of carbonyl (C=O) groups is 3. The molecule has 0 bridgehead atoms. The molecule has 0 heterocycles. The molecule has 0 aromatic heterocycles. The Morgan fingerprint density at radius 1 is 0.774 bits per heavy atom. The number of aliphatic carboxylic acids is 2. The van der Waals surface area contributed by atoms with Gasteiger partial charge in [-0.1, -0.05) is 32.3 Å². The standard InChI is InChI=1S/C10H18O4.C5H12O4.C4H6O2.2K/c11-9(12)7-5-3-1-2-4-6-8-10(13)14;6-1-5(2-7,3-8)4-9;1-3-4(5)6-2;;/h1-8H2,(H,11,12)(H,13,14);6-9H,1-4H2;3H,1H2,2H3;;/q;;;2*+1/p-2. The summed E-state index contributed by atoms with van der Waals surface area (Å²) >= 11 is 0. The molecule has 0 unspecified atom stereocenters. The largest absolute Gasteiger partial charge is 1.00 e. The quantitative estimate of drug-likeness (QED) is 0.0772. The second kappa shape index (κ2) is 31.3. The van der Waals surface area contributed by atoms with E-state index in [1.165, 1.54) is 7.11 Å². The molecule has 0 rings (SSSR count). The van der Waals surface area contributed by atoms with Gasteiger partial charge < -0.3 is 45.0 Å². The van der Waals surface area contributed by atoms with Crippen LogP contribution in [-0.4, -0.2) is 71.9 Å². The van der Waals surface area contributed by atoms with E-state index in [0.29, 0.717) is 12.8 Å². The molecule has 172 valence electrons. The predicted molar refractivity (Wildman–Crippen MR) is 99.9 cm³/mol. The summed E-state index contributed by atoms with van der Waals surface area (Å²) in [4.78, 5) is 29.9. The van der Waals surface area contributed by atoms with Gasteiger partial charge in [0, 0.05) is 18.0 Å². The number of esters is 1. The summed E-state index contributed by atoms with van der Waals surface area (Å²) in [7, 11) is 1.31. The average molecular weight is 501 g/mol. The molecule has 0 aliphatic carbocycles. The third-order valence-electron chi connectivity index (χ3n) is 3.72. The first kappa shape index (κ1) is 42.4. The van der Waals surface area contributed by atoms with Crippen LogP contribution in [0.4, 0.5) is 0 Å². The van der Waals surface area contributed by atoms with E-state index in [1.54, 1.807) is 0 Å². The Hall–Kier alpha value is 1.26. The third-order valence-corrected chi connectivity index (χ3v) is 3.72. The van der Waals surface area contributed by atoms with E-state index in [9.17, 15) is 24.6 Å². The van der Waals surface area contributed by atoms with Crippen LogP contribution >= 0.6 is 0 Å². The second-order valence-corrected chi connectivity index (χ2v) is 6.23. The molecule has 0 spiro atoms.